The average molecular weight is 330 g/mol. The maximum atomic E-state index is 12.7. The first-order valence-electron chi connectivity index (χ1n) is 8.42. The molecule has 0 aromatic heterocycles. The molecule has 6 nitrogen and oxygen atoms in total. The van der Waals surface area contributed by atoms with Crippen molar-refractivity contribution in [3.05, 3.63) is 29.8 Å². The van der Waals surface area contributed by atoms with Gasteiger partial charge >= 0.3 is 5.97 Å². The Kier molecular flexibility index (Phi) is 4.55. The first-order chi connectivity index (χ1) is 11.5. The number of hydrogen-bond donors (Lipinski definition) is 2. The van der Waals surface area contributed by atoms with E-state index in [2.05, 4.69) is 5.32 Å². The fourth-order valence-corrected chi connectivity index (χ4v) is 3.64. The normalized spacial score (nSPS) is 21.4. The van der Waals surface area contributed by atoms with E-state index in [4.69, 9.17) is 0 Å². The molecule has 6 heteroatoms. The lowest BCUT2D eigenvalue weighted by atomic mass is 10.0. The average Bonchev–Trinajstić information content (AvgIpc) is 3.22. The number of nitrogens with one attached hydrogen (secondary N) is 1. The SMILES string of the molecule is C[C@H](NC(=O)C1CCCC1)C(=O)N1C[C@@H](C(=O)O)c2ccccc21. The molecule has 0 spiro atoms. The van der Waals surface area contributed by atoms with E-state index in [1.54, 1.807) is 31.2 Å². The van der Waals surface area contributed by atoms with Crippen LogP contribution in [0.5, 0.6) is 0 Å². The Morgan fingerprint density at radius 1 is 1.21 bits per heavy atom. The molecule has 1 fully saturated rings. The molecule has 2 amide bonds. The van der Waals surface area contributed by atoms with Gasteiger partial charge in [-0.25, -0.2) is 0 Å². The van der Waals surface area contributed by atoms with Crippen LogP contribution in [-0.2, 0) is 14.4 Å². The zero-order valence-corrected chi connectivity index (χ0v) is 13.7. The van der Waals surface area contributed by atoms with E-state index in [0.717, 1.165) is 25.7 Å². The predicted octanol–water partition coefficient (Wildman–Crippen LogP) is 1.90. The number of carbonyl (C=O) groups is 3. The molecular weight excluding hydrogens is 308 g/mol. The topological polar surface area (TPSA) is 86.7 Å². The Labute approximate surface area is 140 Å². The summed E-state index contributed by atoms with van der Waals surface area (Å²) in [5.41, 5.74) is 1.27. The van der Waals surface area contributed by atoms with E-state index in [0.29, 0.717) is 11.3 Å². The molecule has 0 saturated heterocycles. The van der Waals surface area contributed by atoms with E-state index >= 15 is 0 Å². The zero-order chi connectivity index (χ0) is 17.3. The molecule has 1 heterocycles. The van der Waals surface area contributed by atoms with Crippen molar-refractivity contribution in [2.24, 2.45) is 5.92 Å². The second-order valence-electron chi connectivity index (χ2n) is 6.61. The number of aliphatic carboxylic acids is 1. The third kappa shape index (κ3) is 3.00. The minimum atomic E-state index is -0.944. The number of nitrogens with zero attached hydrogens (tertiary/aromatic N) is 1. The lowest BCUT2D eigenvalue weighted by Gasteiger charge is -2.23. The third-order valence-corrected chi connectivity index (χ3v) is 4.99. The van der Waals surface area contributed by atoms with Crippen LogP contribution in [0.1, 0.15) is 44.1 Å². The van der Waals surface area contributed by atoms with Crippen molar-refractivity contribution in [3.8, 4) is 0 Å². The van der Waals surface area contributed by atoms with Crippen molar-refractivity contribution in [3.63, 3.8) is 0 Å². The molecule has 0 unspecified atom stereocenters. The van der Waals surface area contributed by atoms with Crippen LogP contribution in [-0.4, -0.2) is 35.5 Å². The highest BCUT2D eigenvalue weighted by molar-refractivity contribution is 6.02. The summed E-state index contributed by atoms with van der Waals surface area (Å²) in [7, 11) is 0. The number of hydrogen-bond acceptors (Lipinski definition) is 3. The van der Waals surface area contributed by atoms with Gasteiger partial charge in [-0.2, -0.15) is 0 Å². The second-order valence-corrected chi connectivity index (χ2v) is 6.61. The fourth-order valence-electron chi connectivity index (χ4n) is 3.64. The van der Waals surface area contributed by atoms with Crippen LogP contribution in [0.3, 0.4) is 0 Å². The van der Waals surface area contributed by atoms with Crippen molar-refractivity contribution in [2.75, 3.05) is 11.4 Å². The van der Waals surface area contributed by atoms with E-state index in [1.807, 2.05) is 0 Å². The van der Waals surface area contributed by atoms with Gasteiger partial charge in [0.25, 0.3) is 0 Å². The second kappa shape index (κ2) is 6.63. The highest BCUT2D eigenvalue weighted by Gasteiger charge is 2.38. The molecule has 1 aromatic carbocycles. The summed E-state index contributed by atoms with van der Waals surface area (Å²) in [6.45, 7) is 1.77. The molecule has 24 heavy (non-hydrogen) atoms. The van der Waals surface area contributed by atoms with E-state index in [-0.39, 0.29) is 24.3 Å². The predicted molar refractivity (Wildman–Crippen MR) is 88.7 cm³/mol. The number of carbonyl (C=O) groups excluding carboxylic acids is 2. The van der Waals surface area contributed by atoms with Crippen LogP contribution >= 0.6 is 0 Å². The van der Waals surface area contributed by atoms with Crippen LogP contribution < -0.4 is 10.2 Å². The minimum absolute atomic E-state index is 0.00196. The Balaban J connectivity index is 1.72. The maximum Gasteiger partial charge on any atom is 0.312 e. The molecule has 2 N–H and O–H groups in total. The standard InChI is InChI=1S/C18H22N2O4/c1-11(19-16(21)12-6-2-3-7-12)17(22)20-10-14(18(23)24)13-8-4-5-9-15(13)20/h4-5,8-9,11-12,14H,2-3,6-7,10H2,1H3,(H,19,21)(H,23,24)/t11-,14+/m0/s1. The number of benzene rings is 1. The summed E-state index contributed by atoms with van der Waals surface area (Å²) in [6, 6.07) is 6.38. The lowest BCUT2D eigenvalue weighted by Crippen LogP contribution is -2.48. The zero-order valence-electron chi connectivity index (χ0n) is 13.7. The van der Waals surface area contributed by atoms with Crippen molar-refractivity contribution in [1.29, 1.82) is 0 Å². The molecular formula is C18H22N2O4. The highest BCUT2D eigenvalue weighted by Crippen LogP contribution is 2.36. The molecule has 1 aliphatic carbocycles. The van der Waals surface area contributed by atoms with Gasteiger partial charge in [0, 0.05) is 18.2 Å². The maximum absolute atomic E-state index is 12.7. The number of carboxylic acid groups (broad SMARTS) is 1. The van der Waals surface area contributed by atoms with Gasteiger partial charge in [0.05, 0.1) is 0 Å². The summed E-state index contributed by atoms with van der Waals surface area (Å²) >= 11 is 0. The molecule has 128 valence electrons. The van der Waals surface area contributed by atoms with Gasteiger partial charge in [0.1, 0.15) is 12.0 Å². The molecule has 1 aliphatic heterocycles. The molecule has 0 radical (unpaired) electrons. The molecule has 1 saturated carbocycles. The van der Waals surface area contributed by atoms with Crippen molar-refractivity contribution < 1.29 is 19.5 Å². The van der Waals surface area contributed by atoms with Crippen LogP contribution in [0.2, 0.25) is 0 Å². The smallest absolute Gasteiger partial charge is 0.312 e. The first-order valence-corrected chi connectivity index (χ1v) is 8.42. The lowest BCUT2D eigenvalue weighted by molar-refractivity contribution is -0.138. The Morgan fingerprint density at radius 3 is 2.54 bits per heavy atom. The van der Waals surface area contributed by atoms with E-state index in [1.165, 1.54) is 4.90 Å². The summed E-state index contributed by atoms with van der Waals surface area (Å²) in [5.74, 6) is -2.01. The van der Waals surface area contributed by atoms with Gasteiger partial charge in [0.2, 0.25) is 11.8 Å². The van der Waals surface area contributed by atoms with E-state index < -0.39 is 17.9 Å². The number of amides is 2. The van der Waals surface area contributed by atoms with Crippen LogP contribution in [0.15, 0.2) is 24.3 Å². The fraction of sp³-hybridized carbons (Fsp3) is 0.500. The van der Waals surface area contributed by atoms with Crippen LogP contribution in [0.4, 0.5) is 5.69 Å². The number of fused-ring (bicyclic) bond motifs is 1. The summed E-state index contributed by atoms with van der Waals surface area (Å²) in [6.07, 6.45) is 3.86. The Morgan fingerprint density at radius 2 is 1.88 bits per heavy atom. The first kappa shape index (κ1) is 16.5. The number of carboxylic acids is 1. The summed E-state index contributed by atoms with van der Waals surface area (Å²) < 4.78 is 0. The monoisotopic (exact) mass is 330 g/mol. The van der Waals surface area contributed by atoms with Crippen molar-refractivity contribution >= 4 is 23.5 Å². The van der Waals surface area contributed by atoms with Crippen LogP contribution in [0, 0.1) is 5.92 Å². The quantitative estimate of drug-likeness (QED) is 0.883. The van der Waals surface area contributed by atoms with E-state index in [9.17, 15) is 19.5 Å². The molecule has 2 aliphatic rings. The summed E-state index contributed by atoms with van der Waals surface area (Å²) in [4.78, 5) is 37.9. The largest absolute Gasteiger partial charge is 0.481 e. The van der Waals surface area contributed by atoms with Crippen molar-refractivity contribution in [1.82, 2.24) is 5.32 Å². The Bertz CT molecular complexity index is 667. The third-order valence-electron chi connectivity index (χ3n) is 4.99. The molecule has 1 aromatic rings. The molecule has 0 bridgehead atoms. The van der Waals surface area contributed by atoms with Gasteiger partial charge in [0.15, 0.2) is 0 Å². The number of anilines is 1. The summed E-state index contributed by atoms with van der Waals surface area (Å²) in [5, 5.41) is 12.2. The van der Waals surface area contributed by atoms with Gasteiger partial charge in [-0.1, -0.05) is 31.0 Å². The van der Waals surface area contributed by atoms with Crippen molar-refractivity contribution in [2.45, 2.75) is 44.6 Å². The van der Waals surface area contributed by atoms with Gasteiger partial charge < -0.3 is 15.3 Å². The van der Waals surface area contributed by atoms with Gasteiger partial charge in [-0.3, -0.25) is 14.4 Å². The Hall–Kier alpha value is -2.37. The molecule has 2 atom stereocenters. The van der Waals surface area contributed by atoms with Crippen LogP contribution in [0.25, 0.3) is 0 Å². The van der Waals surface area contributed by atoms with Gasteiger partial charge in [-0.15, -0.1) is 0 Å². The van der Waals surface area contributed by atoms with Gasteiger partial charge in [-0.05, 0) is 31.4 Å². The molecule has 3 rings (SSSR count). The minimum Gasteiger partial charge on any atom is -0.481 e. The highest BCUT2D eigenvalue weighted by atomic mass is 16.4. The number of para-hydroxylation sites is 1. The number of rotatable bonds is 4.